The number of pyridine rings is 1. The largest absolute Gasteiger partial charge is 0.485 e. The SMILES string of the molecule is c1ccc(-n2nc(C3CC3)nc2C2COc3ccccc3O2)nc1. The maximum Gasteiger partial charge on any atom is 0.192 e. The molecular formula is C18H16N4O2. The molecule has 2 aromatic heterocycles. The first-order valence-corrected chi connectivity index (χ1v) is 8.15. The van der Waals surface area contributed by atoms with Crippen LogP contribution in [-0.2, 0) is 0 Å². The van der Waals surface area contributed by atoms with Crippen molar-refractivity contribution in [3.63, 3.8) is 0 Å². The maximum atomic E-state index is 6.12. The van der Waals surface area contributed by atoms with Crippen LogP contribution in [0.4, 0.5) is 0 Å². The molecule has 1 fully saturated rings. The van der Waals surface area contributed by atoms with Crippen LogP contribution in [-0.4, -0.2) is 26.4 Å². The summed E-state index contributed by atoms with van der Waals surface area (Å²) < 4.78 is 13.7. The van der Waals surface area contributed by atoms with Gasteiger partial charge in [0.1, 0.15) is 6.61 Å². The molecular weight excluding hydrogens is 304 g/mol. The highest BCUT2D eigenvalue weighted by Gasteiger charge is 2.33. The van der Waals surface area contributed by atoms with Crippen LogP contribution in [0.5, 0.6) is 11.5 Å². The van der Waals surface area contributed by atoms with Crippen molar-refractivity contribution in [1.82, 2.24) is 19.7 Å². The monoisotopic (exact) mass is 320 g/mol. The zero-order chi connectivity index (χ0) is 15.9. The predicted molar refractivity (Wildman–Crippen MR) is 86.4 cm³/mol. The average molecular weight is 320 g/mol. The lowest BCUT2D eigenvalue weighted by Crippen LogP contribution is -2.25. The summed E-state index contributed by atoms with van der Waals surface area (Å²) in [4.78, 5) is 9.16. The number of hydrogen-bond donors (Lipinski definition) is 0. The summed E-state index contributed by atoms with van der Waals surface area (Å²) in [6.45, 7) is 0.409. The third kappa shape index (κ3) is 2.31. The van der Waals surface area contributed by atoms with Crippen LogP contribution in [0.1, 0.15) is 36.5 Å². The van der Waals surface area contributed by atoms with Gasteiger partial charge in [0, 0.05) is 12.1 Å². The van der Waals surface area contributed by atoms with Crippen LogP contribution in [0, 0.1) is 0 Å². The molecule has 1 saturated carbocycles. The lowest BCUT2D eigenvalue weighted by atomic mass is 10.2. The number of fused-ring (bicyclic) bond motifs is 1. The molecule has 3 aromatic rings. The standard InChI is InChI=1S/C18H16N4O2/c1-2-6-14-13(5-1)23-11-15(24-14)18-20-17(12-8-9-12)21-22(18)16-7-3-4-10-19-16/h1-7,10,12,15H,8-9,11H2. The summed E-state index contributed by atoms with van der Waals surface area (Å²) in [6, 6.07) is 13.4. The summed E-state index contributed by atoms with van der Waals surface area (Å²) in [6.07, 6.45) is 3.75. The molecule has 0 N–H and O–H groups in total. The van der Waals surface area contributed by atoms with Gasteiger partial charge in [-0.1, -0.05) is 18.2 Å². The van der Waals surface area contributed by atoms with Gasteiger partial charge in [-0.05, 0) is 37.1 Å². The van der Waals surface area contributed by atoms with E-state index in [4.69, 9.17) is 14.5 Å². The van der Waals surface area contributed by atoms with Gasteiger partial charge >= 0.3 is 0 Å². The molecule has 1 aromatic carbocycles. The van der Waals surface area contributed by atoms with Crippen molar-refractivity contribution in [3.8, 4) is 17.3 Å². The first-order valence-electron chi connectivity index (χ1n) is 8.15. The van der Waals surface area contributed by atoms with Gasteiger partial charge in [-0.15, -0.1) is 5.10 Å². The first kappa shape index (κ1) is 13.5. The minimum Gasteiger partial charge on any atom is -0.485 e. The summed E-state index contributed by atoms with van der Waals surface area (Å²) in [5.74, 6) is 4.32. The Labute approximate surface area is 139 Å². The topological polar surface area (TPSA) is 62.1 Å². The highest BCUT2D eigenvalue weighted by molar-refractivity contribution is 5.41. The minimum atomic E-state index is -0.304. The normalized spacial score (nSPS) is 19.2. The molecule has 0 spiro atoms. The van der Waals surface area contributed by atoms with E-state index in [-0.39, 0.29) is 6.10 Å². The summed E-state index contributed by atoms with van der Waals surface area (Å²) >= 11 is 0. The van der Waals surface area contributed by atoms with E-state index < -0.39 is 0 Å². The summed E-state index contributed by atoms with van der Waals surface area (Å²) in [7, 11) is 0. The van der Waals surface area contributed by atoms with E-state index in [0.717, 1.165) is 41.8 Å². The second kappa shape index (κ2) is 5.33. The average Bonchev–Trinajstić information content (AvgIpc) is 3.40. The van der Waals surface area contributed by atoms with Crippen LogP contribution in [0.15, 0.2) is 48.7 Å². The fraction of sp³-hybridized carbons (Fsp3) is 0.278. The Hall–Kier alpha value is -2.89. The number of aromatic nitrogens is 4. The quantitative estimate of drug-likeness (QED) is 0.742. The third-order valence-corrected chi connectivity index (χ3v) is 4.25. The smallest absolute Gasteiger partial charge is 0.192 e. The summed E-state index contributed by atoms with van der Waals surface area (Å²) in [5.41, 5.74) is 0. The fourth-order valence-corrected chi connectivity index (χ4v) is 2.86. The molecule has 6 nitrogen and oxygen atoms in total. The predicted octanol–water partition coefficient (Wildman–Crippen LogP) is 3.05. The first-order chi connectivity index (χ1) is 11.9. The van der Waals surface area contributed by atoms with Crippen molar-refractivity contribution in [2.45, 2.75) is 24.9 Å². The van der Waals surface area contributed by atoms with Crippen LogP contribution in [0.2, 0.25) is 0 Å². The Bertz CT molecular complexity index is 874. The van der Waals surface area contributed by atoms with Gasteiger partial charge in [0.25, 0.3) is 0 Å². The van der Waals surface area contributed by atoms with Crippen molar-refractivity contribution >= 4 is 0 Å². The van der Waals surface area contributed by atoms with E-state index in [0.29, 0.717) is 12.5 Å². The van der Waals surface area contributed by atoms with Crippen LogP contribution >= 0.6 is 0 Å². The van der Waals surface area contributed by atoms with Crippen molar-refractivity contribution in [2.75, 3.05) is 6.61 Å². The van der Waals surface area contributed by atoms with E-state index in [1.165, 1.54) is 0 Å². The minimum absolute atomic E-state index is 0.304. The van der Waals surface area contributed by atoms with Crippen LogP contribution in [0.25, 0.3) is 5.82 Å². The van der Waals surface area contributed by atoms with Crippen LogP contribution < -0.4 is 9.47 Å². The second-order valence-electron chi connectivity index (χ2n) is 6.07. The summed E-state index contributed by atoms with van der Waals surface area (Å²) in [5, 5.41) is 4.68. The number of ether oxygens (including phenoxy) is 2. The molecule has 6 heteroatoms. The number of hydrogen-bond acceptors (Lipinski definition) is 5. The van der Waals surface area contributed by atoms with Crippen molar-refractivity contribution in [2.24, 2.45) is 0 Å². The van der Waals surface area contributed by atoms with E-state index >= 15 is 0 Å². The molecule has 0 bridgehead atoms. The number of rotatable bonds is 3. The molecule has 1 unspecified atom stereocenters. The highest BCUT2D eigenvalue weighted by atomic mass is 16.6. The number of para-hydroxylation sites is 2. The molecule has 3 heterocycles. The van der Waals surface area contributed by atoms with Crippen molar-refractivity contribution in [3.05, 3.63) is 60.3 Å². The fourth-order valence-electron chi connectivity index (χ4n) is 2.86. The molecule has 1 atom stereocenters. The van der Waals surface area contributed by atoms with Gasteiger partial charge in [-0.3, -0.25) is 0 Å². The van der Waals surface area contributed by atoms with Gasteiger partial charge in [-0.2, -0.15) is 4.68 Å². The molecule has 1 aliphatic heterocycles. The van der Waals surface area contributed by atoms with Gasteiger partial charge < -0.3 is 9.47 Å². The zero-order valence-electron chi connectivity index (χ0n) is 13.0. The van der Waals surface area contributed by atoms with Crippen molar-refractivity contribution in [1.29, 1.82) is 0 Å². The lowest BCUT2D eigenvalue weighted by Gasteiger charge is -2.25. The molecule has 24 heavy (non-hydrogen) atoms. The Morgan fingerprint density at radius 1 is 1.00 bits per heavy atom. The van der Waals surface area contributed by atoms with E-state index in [2.05, 4.69) is 10.1 Å². The Morgan fingerprint density at radius 3 is 2.62 bits per heavy atom. The Kier molecular flexibility index (Phi) is 3.01. The third-order valence-electron chi connectivity index (χ3n) is 4.25. The van der Waals surface area contributed by atoms with E-state index in [9.17, 15) is 0 Å². The molecule has 120 valence electrons. The van der Waals surface area contributed by atoms with Crippen LogP contribution in [0.3, 0.4) is 0 Å². The molecule has 0 amide bonds. The second-order valence-corrected chi connectivity index (χ2v) is 6.07. The lowest BCUT2D eigenvalue weighted by molar-refractivity contribution is 0.0834. The van der Waals surface area contributed by atoms with Gasteiger partial charge in [-0.25, -0.2) is 9.97 Å². The zero-order valence-corrected chi connectivity index (χ0v) is 13.0. The number of benzene rings is 1. The van der Waals surface area contributed by atoms with Crippen molar-refractivity contribution < 1.29 is 9.47 Å². The van der Waals surface area contributed by atoms with Gasteiger partial charge in [0.05, 0.1) is 0 Å². The molecule has 1 aliphatic carbocycles. The number of nitrogens with zero attached hydrogens (tertiary/aromatic N) is 4. The van der Waals surface area contributed by atoms with Gasteiger partial charge in [0.15, 0.2) is 35.1 Å². The van der Waals surface area contributed by atoms with E-state index in [1.54, 1.807) is 10.9 Å². The van der Waals surface area contributed by atoms with E-state index in [1.807, 2.05) is 42.5 Å². The molecule has 0 saturated heterocycles. The van der Waals surface area contributed by atoms with Gasteiger partial charge in [0.2, 0.25) is 0 Å². The molecule has 2 aliphatic rings. The maximum absolute atomic E-state index is 6.12. The Balaban J connectivity index is 1.55. The Morgan fingerprint density at radius 2 is 1.83 bits per heavy atom. The highest BCUT2D eigenvalue weighted by Crippen LogP contribution is 2.40. The molecule has 0 radical (unpaired) electrons. The molecule has 5 rings (SSSR count).